The van der Waals surface area contributed by atoms with Gasteiger partial charge < -0.3 is 15.8 Å². The minimum absolute atomic E-state index is 0.0485. The highest BCUT2D eigenvalue weighted by atomic mass is 16.5. The second-order valence-corrected chi connectivity index (χ2v) is 5.13. The van der Waals surface area contributed by atoms with E-state index in [4.69, 9.17) is 10.5 Å². The molecule has 4 nitrogen and oxygen atoms in total. The Labute approximate surface area is 109 Å². The van der Waals surface area contributed by atoms with Gasteiger partial charge >= 0.3 is 0 Å². The van der Waals surface area contributed by atoms with Gasteiger partial charge in [-0.15, -0.1) is 0 Å². The van der Waals surface area contributed by atoms with Gasteiger partial charge in [0.1, 0.15) is 5.75 Å². The maximum absolute atomic E-state index is 11.9. The lowest BCUT2D eigenvalue weighted by molar-refractivity contribution is -0.121. The van der Waals surface area contributed by atoms with E-state index in [1.54, 1.807) is 7.11 Å². The first-order valence-electron chi connectivity index (χ1n) is 6.02. The Bertz CT molecular complexity index is 428. The van der Waals surface area contributed by atoms with Crippen LogP contribution in [0.3, 0.4) is 0 Å². The van der Waals surface area contributed by atoms with Crippen LogP contribution in [0.2, 0.25) is 0 Å². The largest absolute Gasteiger partial charge is 0.496 e. The number of methoxy groups -OCH3 is 1. The zero-order valence-corrected chi connectivity index (χ0v) is 11.5. The SMILES string of the molecule is COc1cc(C)ccc1CC(=O)NC(C)(C)CN. The first-order chi connectivity index (χ1) is 8.38. The summed E-state index contributed by atoms with van der Waals surface area (Å²) in [4.78, 5) is 11.9. The molecule has 0 bridgehead atoms. The van der Waals surface area contributed by atoms with Crippen LogP contribution in [0.1, 0.15) is 25.0 Å². The topological polar surface area (TPSA) is 64.3 Å². The lowest BCUT2D eigenvalue weighted by atomic mass is 10.0. The molecule has 0 atom stereocenters. The molecular weight excluding hydrogens is 228 g/mol. The summed E-state index contributed by atoms with van der Waals surface area (Å²) in [5.74, 6) is 0.698. The molecule has 0 saturated carbocycles. The van der Waals surface area contributed by atoms with Gasteiger partial charge in [-0.25, -0.2) is 0 Å². The molecule has 0 radical (unpaired) electrons. The van der Waals surface area contributed by atoms with E-state index in [1.165, 1.54) is 0 Å². The van der Waals surface area contributed by atoms with Gasteiger partial charge in [0.25, 0.3) is 0 Å². The summed E-state index contributed by atoms with van der Waals surface area (Å²) >= 11 is 0. The zero-order chi connectivity index (χ0) is 13.8. The number of benzene rings is 1. The lowest BCUT2D eigenvalue weighted by Gasteiger charge is -2.24. The number of amides is 1. The third kappa shape index (κ3) is 4.04. The van der Waals surface area contributed by atoms with Crippen LogP contribution in [-0.4, -0.2) is 25.1 Å². The fourth-order valence-corrected chi connectivity index (χ4v) is 1.64. The van der Waals surface area contributed by atoms with Crippen LogP contribution in [0.25, 0.3) is 0 Å². The number of carbonyl (C=O) groups is 1. The minimum atomic E-state index is -0.380. The molecule has 100 valence electrons. The third-order valence-electron chi connectivity index (χ3n) is 2.78. The Balaban J connectivity index is 2.76. The fourth-order valence-electron chi connectivity index (χ4n) is 1.64. The first kappa shape index (κ1) is 14.5. The molecule has 1 aromatic carbocycles. The zero-order valence-electron chi connectivity index (χ0n) is 11.5. The highest BCUT2D eigenvalue weighted by Gasteiger charge is 2.19. The molecule has 1 rings (SSSR count). The molecule has 0 heterocycles. The average molecular weight is 250 g/mol. The van der Waals surface area contributed by atoms with Crippen molar-refractivity contribution in [1.29, 1.82) is 0 Å². The number of nitrogens with one attached hydrogen (secondary N) is 1. The van der Waals surface area contributed by atoms with Crippen molar-refractivity contribution in [2.75, 3.05) is 13.7 Å². The number of aryl methyl sites for hydroxylation is 1. The normalized spacial score (nSPS) is 11.2. The van der Waals surface area contributed by atoms with Crippen molar-refractivity contribution in [1.82, 2.24) is 5.32 Å². The van der Waals surface area contributed by atoms with Gasteiger partial charge in [-0.1, -0.05) is 12.1 Å². The standard InChI is InChI=1S/C14H22N2O2/c1-10-5-6-11(12(7-10)18-4)8-13(17)16-14(2,3)9-15/h5-7H,8-9,15H2,1-4H3,(H,16,17). The first-order valence-corrected chi connectivity index (χ1v) is 6.02. The molecule has 0 aliphatic carbocycles. The van der Waals surface area contributed by atoms with E-state index in [0.717, 1.165) is 16.9 Å². The molecular formula is C14H22N2O2. The molecule has 0 saturated heterocycles. The van der Waals surface area contributed by atoms with Crippen molar-refractivity contribution < 1.29 is 9.53 Å². The number of hydrogen-bond acceptors (Lipinski definition) is 3. The molecule has 3 N–H and O–H groups in total. The van der Waals surface area contributed by atoms with Crippen LogP contribution in [-0.2, 0) is 11.2 Å². The number of hydrogen-bond donors (Lipinski definition) is 2. The van der Waals surface area contributed by atoms with E-state index in [0.29, 0.717) is 13.0 Å². The van der Waals surface area contributed by atoms with Crippen molar-refractivity contribution in [3.63, 3.8) is 0 Å². The average Bonchev–Trinajstić information content (AvgIpc) is 2.30. The van der Waals surface area contributed by atoms with Crippen molar-refractivity contribution in [2.45, 2.75) is 32.7 Å². The number of carbonyl (C=O) groups excluding carboxylic acids is 1. The Morgan fingerprint density at radius 1 is 1.44 bits per heavy atom. The monoisotopic (exact) mass is 250 g/mol. The number of ether oxygens (including phenoxy) is 1. The van der Waals surface area contributed by atoms with Gasteiger partial charge in [-0.2, -0.15) is 0 Å². The van der Waals surface area contributed by atoms with E-state index in [-0.39, 0.29) is 11.4 Å². The smallest absolute Gasteiger partial charge is 0.225 e. The van der Waals surface area contributed by atoms with Crippen LogP contribution in [0.4, 0.5) is 0 Å². The van der Waals surface area contributed by atoms with E-state index < -0.39 is 0 Å². The summed E-state index contributed by atoms with van der Waals surface area (Å²) < 4.78 is 5.28. The minimum Gasteiger partial charge on any atom is -0.496 e. The van der Waals surface area contributed by atoms with E-state index in [9.17, 15) is 4.79 Å². The highest BCUT2D eigenvalue weighted by molar-refractivity contribution is 5.80. The highest BCUT2D eigenvalue weighted by Crippen LogP contribution is 2.20. The molecule has 0 aliphatic heterocycles. The summed E-state index contributed by atoms with van der Waals surface area (Å²) in [7, 11) is 1.61. The summed E-state index contributed by atoms with van der Waals surface area (Å²) in [6.45, 7) is 6.20. The Kier molecular flexibility index (Phi) is 4.73. The van der Waals surface area contributed by atoms with E-state index >= 15 is 0 Å². The second kappa shape index (κ2) is 5.87. The summed E-state index contributed by atoms with van der Waals surface area (Å²) in [5.41, 5.74) is 7.20. The number of nitrogens with two attached hydrogens (primary N) is 1. The predicted molar refractivity (Wildman–Crippen MR) is 72.7 cm³/mol. The molecule has 18 heavy (non-hydrogen) atoms. The molecule has 0 unspecified atom stereocenters. The van der Waals surface area contributed by atoms with Crippen LogP contribution in [0.15, 0.2) is 18.2 Å². The molecule has 1 amide bonds. The molecule has 0 aliphatic rings. The Morgan fingerprint density at radius 2 is 2.11 bits per heavy atom. The van der Waals surface area contributed by atoms with Crippen molar-refractivity contribution in [2.24, 2.45) is 5.73 Å². The van der Waals surface area contributed by atoms with Gasteiger partial charge in [0.2, 0.25) is 5.91 Å². The summed E-state index contributed by atoms with van der Waals surface area (Å²) in [6, 6.07) is 5.82. The van der Waals surface area contributed by atoms with Gasteiger partial charge in [0.15, 0.2) is 0 Å². The lowest BCUT2D eigenvalue weighted by Crippen LogP contribution is -2.49. The van der Waals surface area contributed by atoms with Gasteiger partial charge in [-0.3, -0.25) is 4.79 Å². The summed E-state index contributed by atoms with van der Waals surface area (Å²) in [6.07, 6.45) is 0.298. The van der Waals surface area contributed by atoms with Crippen molar-refractivity contribution in [3.05, 3.63) is 29.3 Å². The molecule has 4 heteroatoms. The summed E-state index contributed by atoms with van der Waals surface area (Å²) in [5, 5.41) is 2.90. The third-order valence-corrected chi connectivity index (χ3v) is 2.78. The second-order valence-electron chi connectivity index (χ2n) is 5.13. The maximum atomic E-state index is 11.9. The van der Waals surface area contributed by atoms with Gasteiger partial charge in [0, 0.05) is 17.6 Å². The van der Waals surface area contributed by atoms with Crippen LogP contribution in [0.5, 0.6) is 5.75 Å². The van der Waals surface area contributed by atoms with Crippen molar-refractivity contribution >= 4 is 5.91 Å². The molecule has 0 spiro atoms. The van der Waals surface area contributed by atoms with Gasteiger partial charge in [-0.05, 0) is 32.4 Å². The van der Waals surface area contributed by atoms with Crippen molar-refractivity contribution in [3.8, 4) is 5.75 Å². The molecule has 1 aromatic rings. The Morgan fingerprint density at radius 3 is 2.67 bits per heavy atom. The van der Waals surface area contributed by atoms with E-state index in [1.807, 2.05) is 39.0 Å². The molecule has 0 aromatic heterocycles. The van der Waals surface area contributed by atoms with E-state index in [2.05, 4.69) is 5.32 Å². The Hall–Kier alpha value is -1.55. The van der Waals surface area contributed by atoms with Gasteiger partial charge in [0.05, 0.1) is 13.5 Å². The fraction of sp³-hybridized carbons (Fsp3) is 0.500. The molecule has 0 fully saturated rings. The van der Waals surface area contributed by atoms with Crippen LogP contribution in [0, 0.1) is 6.92 Å². The van der Waals surface area contributed by atoms with Crippen LogP contribution >= 0.6 is 0 Å². The van der Waals surface area contributed by atoms with Crippen LogP contribution < -0.4 is 15.8 Å². The number of rotatable bonds is 5. The maximum Gasteiger partial charge on any atom is 0.225 e. The quantitative estimate of drug-likeness (QED) is 0.830. The predicted octanol–water partition coefficient (Wildman–Crippen LogP) is 1.40.